The zero-order valence-electron chi connectivity index (χ0n) is 8.07. The van der Waals surface area contributed by atoms with E-state index in [1.807, 2.05) is 6.92 Å². The van der Waals surface area contributed by atoms with Gasteiger partial charge in [0, 0.05) is 18.3 Å². The van der Waals surface area contributed by atoms with Crippen LogP contribution in [0.5, 0.6) is 0 Å². The van der Waals surface area contributed by atoms with Gasteiger partial charge in [0.15, 0.2) is 0 Å². The van der Waals surface area contributed by atoms with Crippen LogP contribution in [0.25, 0.3) is 0 Å². The molecule has 0 saturated carbocycles. The van der Waals surface area contributed by atoms with Crippen molar-refractivity contribution in [3.05, 3.63) is 36.1 Å². The maximum absolute atomic E-state index is 4.58. The average molecular weight is 174 g/mol. The van der Waals surface area contributed by atoms with Gasteiger partial charge >= 0.3 is 0 Å². The molecule has 1 unspecified atom stereocenters. The van der Waals surface area contributed by atoms with Gasteiger partial charge in [0.05, 0.1) is 6.04 Å². The molecule has 0 aromatic carbocycles. The standard InChI is InChI=1S/C11H14N2/c1-3-5-10-6-4-7-13-8-9(2)12-11(10)13/h3-7,9H,8H2,1-2H3. The molecule has 2 aliphatic rings. The van der Waals surface area contributed by atoms with E-state index in [0.29, 0.717) is 6.04 Å². The van der Waals surface area contributed by atoms with Crippen LogP contribution in [0.3, 0.4) is 0 Å². The predicted molar refractivity (Wildman–Crippen MR) is 55.6 cm³/mol. The lowest BCUT2D eigenvalue weighted by molar-refractivity contribution is 0.556. The monoisotopic (exact) mass is 174 g/mol. The second-order valence-electron chi connectivity index (χ2n) is 3.42. The van der Waals surface area contributed by atoms with Crippen LogP contribution in [0, 0.1) is 0 Å². The highest BCUT2D eigenvalue weighted by atomic mass is 15.2. The van der Waals surface area contributed by atoms with Crippen molar-refractivity contribution in [3.63, 3.8) is 0 Å². The molecule has 0 aromatic rings. The molecule has 68 valence electrons. The van der Waals surface area contributed by atoms with Crippen molar-refractivity contribution in [2.45, 2.75) is 19.9 Å². The van der Waals surface area contributed by atoms with E-state index in [9.17, 15) is 0 Å². The van der Waals surface area contributed by atoms with E-state index in [4.69, 9.17) is 0 Å². The molecule has 0 amide bonds. The second kappa shape index (κ2) is 3.21. The minimum Gasteiger partial charge on any atom is -0.331 e. The Kier molecular flexibility index (Phi) is 2.05. The molecule has 2 rings (SSSR count). The van der Waals surface area contributed by atoms with Crippen molar-refractivity contribution in [3.8, 4) is 0 Å². The Hall–Kier alpha value is -1.31. The number of rotatable bonds is 1. The molecule has 0 spiro atoms. The molecule has 0 bridgehead atoms. The predicted octanol–water partition coefficient (Wildman–Crippen LogP) is 2.12. The van der Waals surface area contributed by atoms with Crippen molar-refractivity contribution in [2.24, 2.45) is 4.99 Å². The van der Waals surface area contributed by atoms with E-state index in [2.05, 4.69) is 47.3 Å². The highest BCUT2D eigenvalue weighted by Gasteiger charge is 2.23. The molecule has 2 nitrogen and oxygen atoms in total. The van der Waals surface area contributed by atoms with Crippen LogP contribution in [0.15, 0.2) is 41.1 Å². The summed E-state index contributed by atoms with van der Waals surface area (Å²) >= 11 is 0. The minimum absolute atomic E-state index is 0.423. The van der Waals surface area contributed by atoms with Crippen LogP contribution in [0.4, 0.5) is 0 Å². The van der Waals surface area contributed by atoms with Crippen LogP contribution >= 0.6 is 0 Å². The van der Waals surface area contributed by atoms with E-state index < -0.39 is 0 Å². The molecule has 0 aromatic heterocycles. The van der Waals surface area contributed by atoms with Gasteiger partial charge in [-0.15, -0.1) is 0 Å². The molecule has 0 radical (unpaired) electrons. The Labute approximate surface area is 79.0 Å². The van der Waals surface area contributed by atoms with Gasteiger partial charge in [-0.05, 0) is 26.0 Å². The van der Waals surface area contributed by atoms with Crippen LogP contribution in [-0.2, 0) is 0 Å². The Bertz CT molecular complexity index is 321. The summed E-state index contributed by atoms with van der Waals surface area (Å²) in [6.45, 7) is 5.19. The van der Waals surface area contributed by atoms with Crippen LogP contribution < -0.4 is 0 Å². The number of fused-ring (bicyclic) bond motifs is 1. The molecule has 0 saturated heterocycles. The third-order valence-electron chi connectivity index (χ3n) is 2.22. The number of nitrogens with zero attached hydrogens (tertiary/aromatic N) is 2. The van der Waals surface area contributed by atoms with Crippen molar-refractivity contribution in [1.82, 2.24) is 4.90 Å². The van der Waals surface area contributed by atoms with Gasteiger partial charge in [0.2, 0.25) is 0 Å². The largest absolute Gasteiger partial charge is 0.331 e. The average Bonchev–Trinajstić information content (AvgIpc) is 2.47. The maximum atomic E-state index is 4.58. The van der Waals surface area contributed by atoms with Crippen molar-refractivity contribution in [1.29, 1.82) is 0 Å². The number of aliphatic imine (C=N–C) groups is 1. The summed E-state index contributed by atoms with van der Waals surface area (Å²) in [5, 5.41) is 0. The molecule has 2 heteroatoms. The molecule has 0 aliphatic carbocycles. The Morgan fingerprint density at radius 2 is 2.46 bits per heavy atom. The lowest BCUT2D eigenvalue weighted by Gasteiger charge is -2.19. The summed E-state index contributed by atoms with van der Waals surface area (Å²) in [5.41, 5.74) is 1.22. The topological polar surface area (TPSA) is 15.6 Å². The van der Waals surface area contributed by atoms with Crippen molar-refractivity contribution >= 4 is 5.84 Å². The molecular weight excluding hydrogens is 160 g/mol. The normalized spacial score (nSPS) is 26.3. The SMILES string of the molecule is CC=CC1=CC=CN2CC(C)N=C12. The molecule has 2 aliphatic heterocycles. The van der Waals surface area contributed by atoms with Gasteiger partial charge in [0.25, 0.3) is 0 Å². The fourth-order valence-corrected chi connectivity index (χ4v) is 1.70. The first-order valence-electron chi connectivity index (χ1n) is 4.67. The van der Waals surface area contributed by atoms with Crippen molar-refractivity contribution in [2.75, 3.05) is 6.54 Å². The minimum atomic E-state index is 0.423. The number of amidine groups is 1. The van der Waals surface area contributed by atoms with E-state index in [1.54, 1.807) is 0 Å². The Balaban J connectivity index is 2.32. The van der Waals surface area contributed by atoms with E-state index in [-0.39, 0.29) is 0 Å². The smallest absolute Gasteiger partial charge is 0.135 e. The summed E-state index contributed by atoms with van der Waals surface area (Å²) in [6, 6.07) is 0.423. The fourth-order valence-electron chi connectivity index (χ4n) is 1.70. The highest BCUT2D eigenvalue weighted by Crippen LogP contribution is 2.19. The Morgan fingerprint density at radius 1 is 1.62 bits per heavy atom. The molecule has 2 heterocycles. The number of hydrogen-bond donors (Lipinski definition) is 0. The molecule has 0 N–H and O–H groups in total. The first-order valence-corrected chi connectivity index (χ1v) is 4.67. The van der Waals surface area contributed by atoms with Crippen LogP contribution in [0.2, 0.25) is 0 Å². The molecular formula is C11H14N2. The third kappa shape index (κ3) is 1.44. The van der Waals surface area contributed by atoms with Gasteiger partial charge < -0.3 is 4.90 Å². The van der Waals surface area contributed by atoms with Gasteiger partial charge in [-0.1, -0.05) is 12.2 Å². The van der Waals surface area contributed by atoms with E-state index in [1.165, 1.54) is 5.57 Å². The summed E-state index contributed by atoms with van der Waals surface area (Å²) in [4.78, 5) is 6.79. The van der Waals surface area contributed by atoms with Crippen LogP contribution in [-0.4, -0.2) is 23.3 Å². The van der Waals surface area contributed by atoms with Crippen LogP contribution in [0.1, 0.15) is 13.8 Å². The van der Waals surface area contributed by atoms with E-state index >= 15 is 0 Å². The van der Waals surface area contributed by atoms with Crippen molar-refractivity contribution < 1.29 is 0 Å². The highest BCUT2D eigenvalue weighted by molar-refractivity contribution is 6.03. The lowest BCUT2D eigenvalue weighted by atomic mass is 10.1. The summed E-state index contributed by atoms with van der Waals surface area (Å²) in [5.74, 6) is 1.12. The maximum Gasteiger partial charge on any atom is 0.135 e. The quantitative estimate of drug-likeness (QED) is 0.594. The molecule has 0 fully saturated rings. The van der Waals surface area contributed by atoms with Gasteiger partial charge in [-0.2, -0.15) is 0 Å². The molecule has 1 atom stereocenters. The lowest BCUT2D eigenvalue weighted by Crippen LogP contribution is -2.25. The summed E-state index contributed by atoms with van der Waals surface area (Å²) in [7, 11) is 0. The van der Waals surface area contributed by atoms with Gasteiger partial charge in [-0.3, -0.25) is 4.99 Å². The van der Waals surface area contributed by atoms with E-state index in [0.717, 1.165) is 12.4 Å². The summed E-state index contributed by atoms with van der Waals surface area (Å²) < 4.78 is 0. The van der Waals surface area contributed by atoms with Gasteiger partial charge in [-0.25, -0.2) is 0 Å². The zero-order valence-corrected chi connectivity index (χ0v) is 8.07. The van der Waals surface area contributed by atoms with Gasteiger partial charge in [0.1, 0.15) is 5.84 Å². The number of allylic oxidation sites excluding steroid dienone is 3. The summed E-state index contributed by atoms with van der Waals surface area (Å²) in [6.07, 6.45) is 10.4. The fraction of sp³-hybridized carbons (Fsp3) is 0.364. The Morgan fingerprint density at radius 3 is 3.23 bits per heavy atom. The first-order chi connectivity index (χ1) is 6.31. The zero-order chi connectivity index (χ0) is 9.26. The first kappa shape index (κ1) is 8.30. The third-order valence-corrected chi connectivity index (χ3v) is 2.22. The number of hydrogen-bond acceptors (Lipinski definition) is 2. The molecule has 13 heavy (non-hydrogen) atoms. The second-order valence-corrected chi connectivity index (χ2v) is 3.42.